The number of halogens is 2. The van der Waals surface area contributed by atoms with Crippen LogP contribution in [0, 0.1) is 0 Å². The van der Waals surface area contributed by atoms with Crippen LogP contribution < -0.4 is 4.74 Å². The molecule has 0 aromatic heterocycles. The zero-order valence-corrected chi connectivity index (χ0v) is 15.1. The van der Waals surface area contributed by atoms with E-state index in [0.717, 1.165) is 6.26 Å². The Hall–Kier alpha value is -1.76. The molecule has 0 bridgehead atoms. The van der Waals surface area contributed by atoms with Gasteiger partial charge in [0, 0.05) is 27.4 Å². The molecule has 5 nitrogen and oxygen atoms in total. The van der Waals surface area contributed by atoms with Crippen LogP contribution in [-0.2, 0) is 14.6 Å². The summed E-state index contributed by atoms with van der Waals surface area (Å²) in [4.78, 5) is 11.1. The van der Waals surface area contributed by atoms with Crippen LogP contribution in [0.1, 0.15) is 6.92 Å². The number of ether oxygens (including phenoxy) is 1. The normalized spacial score (nSPS) is 12.7. The van der Waals surface area contributed by atoms with Crippen molar-refractivity contribution in [3.05, 3.63) is 46.4 Å². The van der Waals surface area contributed by atoms with Gasteiger partial charge in [-0.15, -0.1) is 0 Å². The molecule has 0 fully saturated rings. The van der Waals surface area contributed by atoms with E-state index >= 15 is 0 Å². The molecule has 0 saturated carbocycles. The third-order valence-electron chi connectivity index (χ3n) is 3.25. The molecule has 0 unspecified atom stereocenters. The topological polar surface area (TPSA) is 80.7 Å². The van der Waals surface area contributed by atoms with Gasteiger partial charge in [-0.2, -0.15) is 0 Å². The van der Waals surface area contributed by atoms with Crippen molar-refractivity contribution in [2.75, 3.05) is 6.26 Å². The van der Waals surface area contributed by atoms with Gasteiger partial charge in [0.15, 0.2) is 15.9 Å². The van der Waals surface area contributed by atoms with Gasteiger partial charge < -0.3 is 9.84 Å². The van der Waals surface area contributed by atoms with Crippen molar-refractivity contribution < 1.29 is 23.1 Å². The Kier molecular flexibility index (Phi) is 5.42. The van der Waals surface area contributed by atoms with Gasteiger partial charge in [-0.05, 0) is 37.3 Å². The van der Waals surface area contributed by atoms with Crippen molar-refractivity contribution >= 4 is 39.0 Å². The summed E-state index contributed by atoms with van der Waals surface area (Å²) in [5, 5.41) is 9.59. The lowest BCUT2D eigenvalue weighted by Crippen LogP contribution is -2.23. The van der Waals surface area contributed by atoms with Gasteiger partial charge in [0.05, 0.1) is 4.90 Å². The molecule has 0 saturated heterocycles. The molecule has 2 rings (SSSR count). The maximum absolute atomic E-state index is 11.6. The number of rotatable bonds is 5. The van der Waals surface area contributed by atoms with Gasteiger partial charge >= 0.3 is 5.97 Å². The second-order valence-corrected chi connectivity index (χ2v) is 8.01. The standard InChI is InChI=1S/C16H14Cl2O5S/c1-9(16(19)20)23-15-6-3-10(17)7-13(15)12-5-4-11(8-14(12)18)24(2,21)22/h3-9H,1-2H3,(H,19,20)/t9-/m0/s1. The number of hydrogen-bond donors (Lipinski definition) is 1. The number of hydrogen-bond acceptors (Lipinski definition) is 4. The number of carboxylic acid groups (broad SMARTS) is 1. The predicted octanol–water partition coefficient (Wildman–Crippen LogP) is 3.92. The molecule has 0 radical (unpaired) electrons. The summed E-state index contributed by atoms with van der Waals surface area (Å²) in [6.07, 6.45) is 0.0138. The fourth-order valence-electron chi connectivity index (χ4n) is 2.00. The van der Waals surface area contributed by atoms with Crippen molar-refractivity contribution in [3.8, 4) is 16.9 Å². The summed E-state index contributed by atoms with van der Waals surface area (Å²) in [5.41, 5.74) is 0.958. The van der Waals surface area contributed by atoms with Gasteiger partial charge in [-0.1, -0.05) is 29.3 Å². The van der Waals surface area contributed by atoms with Crippen molar-refractivity contribution in [1.82, 2.24) is 0 Å². The van der Waals surface area contributed by atoms with Crippen molar-refractivity contribution in [1.29, 1.82) is 0 Å². The van der Waals surface area contributed by atoms with Crippen LogP contribution in [0.2, 0.25) is 10.0 Å². The molecule has 0 spiro atoms. The second-order valence-electron chi connectivity index (χ2n) is 5.15. The van der Waals surface area contributed by atoms with Crippen molar-refractivity contribution in [2.24, 2.45) is 0 Å². The van der Waals surface area contributed by atoms with E-state index in [-0.39, 0.29) is 15.7 Å². The third kappa shape index (κ3) is 4.20. The van der Waals surface area contributed by atoms with Crippen LogP contribution in [0.3, 0.4) is 0 Å². The van der Waals surface area contributed by atoms with E-state index < -0.39 is 21.9 Å². The first kappa shape index (κ1) is 18.6. The van der Waals surface area contributed by atoms with Gasteiger partial charge in [-0.25, -0.2) is 13.2 Å². The first-order valence-electron chi connectivity index (χ1n) is 6.78. The fourth-order valence-corrected chi connectivity index (χ4v) is 3.17. The summed E-state index contributed by atoms with van der Waals surface area (Å²) in [6.45, 7) is 1.40. The van der Waals surface area contributed by atoms with Crippen LogP contribution in [-0.4, -0.2) is 31.9 Å². The predicted molar refractivity (Wildman–Crippen MR) is 92.7 cm³/mol. The lowest BCUT2D eigenvalue weighted by atomic mass is 10.0. The Morgan fingerprint density at radius 3 is 2.33 bits per heavy atom. The Morgan fingerprint density at radius 2 is 1.79 bits per heavy atom. The fraction of sp³-hybridized carbons (Fsp3) is 0.188. The molecule has 0 aliphatic carbocycles. The van der Waals surface area contributed by atoms with Crippen LogP contribution in [0.4, 0.5) is 0 Å². The van der Waals surface area contributed by atoms with E-state index in [4.69, 9.17) is 33.0 Å². The van der Waals surface area contributed by atoms with Gasteiger partial charge in [0.25, 0.3) is 0 Å². The monoisotopic (exact) mass is 388 g/mol. The molecule has 2 aromatic carbocycles. The number of carbonyl (C=O) groups is 1. The first-order valence-corrected chi connectivity index (χ1v) is 9.43. The zero-order chi connectivity index (χ0) is 18.1. The molecule has 0 aliphatic heterocycles. The second kappa shape index (κ2) is 7.01. The van der Waals surface area contributed by atoms with E-state index in [9.17, 15) is 13.2 Å². The number of benzene rings is 2. The number of sulfone groups is 1. The van der Waals surface area contributed by atoms with E-state index in [1.165, 1.54) is 31.2 Å². The summed E-state index contributed by atoms with van der Waals surface area (Å²) in [5.74, 6) is -0.835. The third-order valence-corrected chi connectivity index (χ3v) is 4.91. The summed E-state index contributed by atoms with van der Waals surface area (Å²) in [7, 11) is -3.39. The van der Waals surface area contributed by atoms with Crippen LogP contribution in [0.5, 0.6) is 5.75 Å². The highest BCUT2D eigenvalue weighted by molar-refractivity contribution is 7.90. The molecular weight excluding hydrogens is 375 g/mol. The average Bonchev–Trinajstić information content (AvgIpc) is 2.48. The Labute approximate surface area is 149 Å². The Balaban J connectivity index is 2.56. The molecular formula is C16H14Cl2O5S. The highest BCUT2D eigenvalue weighted by atomic mass is 35.5. The quantitative estimate of drug-likeness (QED) is 0.839. The largest absolute Gasteiger partial charge is 0.479 e. The van der Waals surface area contributed by atoms with Crippen LogP contribution >= 0.6 is 23.2 Å². The maximum atomic E-state index is 11.6. The summed E-state index contributed by atoms with van der Waals surface area (Å²) < 4.78 is 28.6. The van der Waals surface area contributed by atoms with E-state index in [0.29, 0.717) is 16.1 Å². The Morgan fingerprint density at radius 1 is 1.12 bits per heavy atom. The molecule has 2 aromatic rings. The molecule has 0 amide bonds. The SMILES string of the molecule is C[C@H](Oc1ccc(Cl)cc1-c1ccc(S(C)(=O)=O)cc1Cl)C(=O)O. The van der Waals surface area contributed by atoms with Gasteiger partial charge in [0.1, 0.15) is 5.75 Å². The molecule has 0 aliphatic rings. The van der Waals surface area contributed by atoms with E-state index in [1.54, 1.807) is 12.1 Å². The molecule has 1 atom stereocenters. The molecule has 8 heteroatoms. The number of carboxylic acids is 1. The lowest BCUT2D eigenvalue weighted by Gasteiger charge is -2.16. The minimum atomic E-state index is -3.39. The highest BCUT2D eigenvalue weighted by Gasteiger charge is 2.18. The summed E-state index contributed by atoms with van der Waals surface area (Å²) >= 11 is 12.2. The van der Waals surface area contributed by atoms with Gasteiger partial charge in [0.2, 0.25) is 0 Å². The van der Waals surface area contributed by atoms with E-state index in [1.807, 2.05) is 0 Å². The lowest BCUT2D eigenvalue weighted by molar-refractivity contribution is -0.144. The van der Waals surface area contributed by atoms with Crippen LogP contribution in [0.15, 0.2) is 41.3 Å². The minimum Gasteiger partial charge on any atom is -0.479 e. The molecule has 1 N–H and O–H groups in total. The number of aliphatic carboxylic acids is 1. The smallest absolute Gasteiger partial charge is 0.344 e. The molecule has 128 valence electrons. The maximum Gasteiger partial charge on any atom is 0.344 e. The molecule has 0 heterocycles. The minimum absolute atomic E-state index is 0.0830. The first-order chi connectivity index (χ1) is 11.1. The average molecular weight is 389 g/mol. The van der Waals surface area contributed by atoms with Crippen molar-refractivity contribution in [2.45, 2.75) is 17.9 Å². The van der Waals surface area contributed by atoms with Crippen LogP contribution in [0.25, 0.3) is 11.1 Å². The van der Waals surface area contributed by atoms with E-state index in [2.05, 4.69) is 0 Å². The Bertz CT molecular complexity index is 893. The molecule has 24 heavy (non-hydrogen) atoms. The zero-order valence-electron chi connectivity index (χ0n) is 12.8. The summed E-state index contributed by atoms with van der Waals surface area (Å²) in [6, 6.07) is 8.96. The van der Waals surface area contributed by atoms with Gasteiger partial charge in [-0.3, -0.25) is 0 Å². The van der Waals surface area contributed by atoms with Crippen molar-refractivity contribution in [3.63, 3.8) is 0 Å². The highest BCUT2D eigenvalue weighted by Crippen LogP contribution is 2.38.